The van der Waals surface area contributed by atoms with Crippen molar-refractivity contribution in [3.8, 4) is 0 Å². The van der Waals surface area contributed by atoms with Gasteiger partial charge in [0.15, 0.2) is 0 Å². The molecule has 1 N–H and O–H groups in total. The Labute approximate surface area is 174 Å². The highest BCUT2D eigenvalue weighted by Gasteiger charge is 2.69. The summed E-state index contributed by atoms with van der Waals surface area (Å²) in [5, 5.41) is 10.4. The average Bonchev–Trinajstić information content (AvgIpc) is 3.06. The van der Waals surface area contributed by atoms with Gasteiger partial charge >= 0.3 is 0 Å². The second-order valence-corrected chi connectivity index (χ2v) is 13.5. The molecule has 0 aliphatic heterocycles. The van der Waals surface area contributed by atoms with Crippen LogP contribution in [0, 0.1) is 50.7 Å². The molecule has 0 saturated heterocycles. The van der Waals surface area contributed by atoms with Crippen molar-refractivity contribution in [1.29, 1.82) is 0 Å². The molecular formula is C27H46O. The van der Waals surface area contributed by atoms with Gasteiger partial charge < -0.3 is 5.11 Å². The molecule has 28 heavy (non-hydrogen) atoms. The molecule has 5 fully saturated rings. The van der Waals surface area contributed by atoms with Crippen LogP contribution in [0.5, 0.6) is 0 Å². The van der Waals surface area contributed by atoms with Crippen LogP contribution in [-0.4, -0.2) is 11.7 Å². The number of fused-ring (bicyclic) bond motifs is 7. The van der Waals surface area contributed by atoms with E-state index in [1.807, 2.05) is 0 Å². The maximum Gasteiger partial charge on any atom is 0.0490 e. The number of aliphatic hydroxyl groups is 1. The molecule has 5 aliphatic rings. The molecule has 160 valence electrons. The van der Waals surface area contributed by atoms with Crippen LogP contribution in [-0.2, 0) is 0 Å². The van der Waals surface area contributed by atoms with Crippen LogP contribution in [0.3, 0.4) is 0 Å². The van der Waals surface area contributed by atoms with Gasteiger partial charge in [-0.2, -0.15) is 0 Å². The fourth-order valence-corrected chi connectivity index (χ4v) is 11.1. The molecule has 0 radical (unpaired) electrons. The normalized spacial score (nSPS) is 57.6. The predicted octanol–water partition coefficient (Wildman–Crippen LogP) is 7.22. The molecule has 7 unspecified atom stereocenters. The lowest BCUT2D eigenvalue weighted by Crippen LogP contribution is -2.65. The quantitative estimate of drug-likeness (QED) is 0.504. The van der Waals surface area contributed by atoms with E-state index in [2.05, 4.69) is 34.6 Å². The Kier molecular flexibility index (Phi) is 4.27. The maximum atomic E-state index is 10.4. The smallest absolute Gasteiger partial charge is 0.0490 e. The van der Waals surface area contributed by atoms with Crippen LogP contribution in [0.25, 0.3) is 0 Å². The molecule has 5 aliphatic carbocycles. The summed E-state index contributed by atoms with van der Waals surface area (Å²) in [7, 11) is 0. The van der Waals surface area contributed by atoms with Crippen LogP contribution in [0.15, 0.2) is 0 Å². The Hall–Kier alpha value is -0.0400. The molecule has 0 amide bonds. The third-order valence-electron chi connectivity index (χ3n) is 12.6. The lowest BCUT2D eigenvalue weighted by molar-refractivity contribution is -0.236. The highest BCUT2D eigenvalue weighted by molar-refractivity contribution is 5.17. The molecular weight excluding hydrogens is 340 g/mol. The molecule has 0 aromatic heterocycles. The van der Waals surface area contributed by atoms with Crippen molar-refractivity contribution < 1.29 is 5.11 Å². The first kappa shape index (κ1) is 19.9. The van der Waals surface area contributed by atoms with Gasteiger partial charge in [0.2, 0.25) is 0 Å². The number of aliphatic hydroxyl groups excluding tert-OH is 1. The summed E-state index contributed by atoms with van der Waals surface area (Å²) in [5.41, 5.74) is 2.40. The van der Waals surface area contributed by atoms with Gasteiger partial charge in [-0.3, -0.25) is 0 Å². The third-order valence-corrected chi connectivity index (χ3v) is 12.6. The van der Waals surface area contributed by atoms with Crippen molar-refractivity contribution in [1.82, 2.24) is 0 Å². The van der Waals surface area contributed by atoms with Crippen LogP contribution in [0.4, 0.5) is 0 Å². The van der Waals surface area contributed by atoms with Crippen LogP contribution in [0.2, 0.25) is 0 Å². The zero-order valence-corrected chi connectivity index (χ0v) is 19.4. The Morgan fingerprint density at radius 2 is 1.43 bits per heavy atom. The summed E-state index contributed by atoms with van der Waals surface area (Å²) in [4.78, 5) is 0. The molecule has 0 aromatic rings. The van der Waals surface area contributed by atoms with Gasteiger partial charge in [0, 0.05) is 6.61 Å². The van der Waals surface area contributed by atoms with E-state index in [4.69, 9.17) is 0 Å². The third kappa shape index (κ3) is 2.24. The number of hydrogen-bond acceptors (Lipinski definition) is 1. The van der Waals surface area contributed by atoms with Crippen molar-refractivity contribution >= 4 is 0 Å². The first-order valence-corrected chi connectivity index (χ1v) is 12.7. The summed E-state index contributed by atoms with van der Waals surface area (Å²) < 4.78 is 0. The Bertz CT molecular complexity index is 638. The largest absolute Gasteiger partial charge is 0.396 e. The highest BCUT2D eigenvalue weighted by atomic mass is 16.3. The standard InChI is InChI=1S/C27H46O/c1-23(2)12-7-13-24(3)21(23)11-15-26(5)22(24)10-9-19-20-8-6-14-27(20,18-28)17-16-25(19,26)4/h19-22,28H,6-18H2,1-5H3/t19?,20?,21?,22?,24?,25-,26?,27?/m1/s1. The van der Waals surface area contributed by atoms with Gasteiger partial charge in [0.1, 0.15) is 0 Å². The second kappa shape index (κ2) is 6.02. The van der Waals surface area contributed by atoms with Gasteiger partial charge in [0.05, 0.1) is 0 Å². The van der Waals surface area contributed by atoms with Crippen molar-refractivity contribution in [3.05, 3.63) is 0 Å². The monoisotopic (exact) mass is 386 g/mol. The minimum atomic E-state index is 0.293. The Balaban J connectivity index is 1.53. The van der Waals surface area contributed by atoms with Crippen LogP contribution >= 0.6 is 0 Å². The van der Waals surface area contributed by atoms with E-state index in [1.54, 1.807) is 0 Å². The fourth-order valence-electron chi connectivity index (χ4n) is 11.1. The highest BCUT2D eigenvalue weighted by Crippen LogP contribution is 2.76. The summed E-state index contributed by atoms with van der Waals surface area (Å²) in [6.45, 7) is 13.8. The molecule has 8 atom stereocenters. The SMILES string of the molecule is CC1(C)CCCC2(C)C1CCC1(C)C2CCC2C3CCCC3(CO)CC[C@]21C. The molecule has 0 heterocycles. The van der Waals surface area contributed by atoms with Crippen molar-refractivity contribution in [2.75, 3.05) is 6.61 Å². The molecule has 0 bridgehead atoms. The van der Waals surface area contributed by atoms with Crippen LogP contribution < -0.4 is 0 Å². The zero-order chi connectivity index (χ0) is 20.0. The average molecular weight is 387 g/mol. The summed E-state index contributed by atoms with van der Waals surface area (Å²) in [6, 6.07) is 0. The summed E-state index contributed by atoms with van der Waals surface area (Å²) >= 11 is 0. The summed E-state index contributed by atoms with van der Waals surface area (Å²) in [6.07, 6.45) is 17.0. The maximum absolute atomic E-state index is 10.4. The first-order valence-electron chi connectivity index (χ1n) is 12.7. The van der Waals surface area contributed by atoms with Gasteiger partial charge in [-0.1, -0.05) is 47.5 Å². The van der Waals surface area contributed by atoms with E-state index in [-0.39, 0.29) is 0 Å². The minimum absolute atomic E-state index is 0.293. The molecule has 0 aromatic carbocycles. The molecule has 0 spiro atoms. The lowest BCUT2D eigenvalue weighted by atomic mass is 9.32. The Morgan fingerprint density at radius 3 is 2.18 bits per heavy atom. The summed E-state index contributed by atoms with van der Waals surface area (Å²) in [5.74, 6) is 3.53. The second-order valence-electron chi connectivity index (χ2n) is 13.5. The van der Waals surface area contributed by atoms with E-state index >= 15 is 0 Å². The topological polar surface area (TPSA) is 20.2 Å². The van der Waals surface area contributed by atoms with Crippen molar-refractivity contribution in [3.63, 3.8) is 0 Å². The van der Waals surface area contributed by atoms with Crippen molar-refractivity contribution in [2.45, 2.75) is 112 Å². The van der Waals surface area contributed by atoms with E-state index in [0.29, 0.717) is 33.7 Å². The van der Waals surface area contributed by atoms with Crippen molar-refractivity contribution in [2.24, 2.45) is 50.7 Å². The predicted molar refractivity (Wildman–Crippen MR) is 117 cm³/mol. The van der Waals surface area contributed by atoms with Gasteiger partial charge in [0.25, 0.3) is 0 Å². The van der Waals surface area contributed by atoms with E-state index in [9.17, 15) is 5.11 Å². The lowest BCUT2D eigenvalue weighted by Gasteiger charge is -2.72. The van der Waals surface area contributed by atoms with E-state index in [1.165, 1.54) is 77.0 Å². The van der Waals surface area contributed by atoms with Gasteiger partial charge in [-0.05, 0) is 115 Å². The van der Waals surface area contributed by atoms with E-state index < -0.39 is 0 Å². The molecule has 5 rings (SSSR count). The number of hydrogen-bond donors (Lipinski definition) is 1. The van der Waals surface area contributed by atoms with Gasteiger partial charge in [-0.25, -0.2) is 0 Å². The molecule has 1 heteroatoms. The van der Waals surface area contributed by atoms with Gasteiger partial charge in [-0.15, -0.1) is 0 Å². The zero-order valence-electron chi connectivity index (χ0n) is 19.4. The number of rotatable bonds is 1. The molecule has 5 saturated carbocycles. The first-order chi connectivity index (χ1) is 13.1. The fraction of sp³-hybridized carbons (Fsp3) is 1.00. The molecule has 1 nitrogen and oxygen atoms in total. The van der Waals surface area contributed by atoms with Crippen LogP contribution in [0.1, 0.15) is 112 Å². The Morgan fingerprint density at radius 1 is 0.643 bits per heavy atom. The van der Waals surface area contributed by atoms with E-state index in [0.717, 1.165) is 23.7 Å². The minimum Gasteiger partial charge on any atom is -0.396 e.